The number of halogens is 1. The first kappa shape index (κ1) is 17.7. The van der Waals surface area contributed by atoms with Gasteiger partial charge in [-0.05, 0) is 36.4 Å². The highest BCUT2D eigenvalue weighted by molar-refractivity contribution is 6.12. The summed E-state index contributed by atoms with van der Waals surface area (Å²) in [4.78, 5) is 38.2. The average molecular weight is 381 g/mol. The fourth-order valence-electron chi connectivity index (χ4n) is 3.32. The Morgan fingerprint density at radius 3 is 2.57 bits per heavy atom. The number of carbonyl (C=O) groups excluding carboxylic acids is 3. The topological polar surface area (TPSA) is 106 Å². The molecule has 2 heterocycles. The predicted molar refractivity (Wildman–Crippen MR) is 100 cm³/mol. The monoisotopic (exact) mass is 381 g/mol. The third-order valence-electron chi connectivity index (χ3n) is 4.70. The Morgan fingerprint density at radius 2 is 1.86 bits per heavy atom. The minimum Gasteiger partial charge on any atom is -0.449 e. The zero-order chi connectivity index (χ0) is 19.8. The number of fused-ring (bicyclic) bond motifs is 1. The number of primary amides is 1. The van der Waals surface area contributed by atoms with Crippen LogP contribution in [0.15, 0.2) is 52.9 Å². The first-order valence-electron chi connectivity index (χ1n) is 8.62. The van der Waals surface area contributed by atoms with Crippen LogP contribution in [0.1, 0.15) is 17.0 Å². The van der Waals surface area contributed by atoms with E-state index in [4.69, 9.17) is 10.2 Å². The second-order valence-electron chi connectivity index (χ2n) is 6.54. The Balaban J connectivity index is 1.57. The van der Waals surface area contributed by atoms with E-state index in [-0.39, 0.29) is 30.3 Å². The molecule has 1 saturated heterocycles. The van der Waals surface area contributed by atoms with Gasteiger partial charge in [0.1, 0.15) is 17.1 Å². The summed E-state index contributed by atoms with van der Waals surface area (Å²) in [6.45, 7) is 0.151. The van der Waals surface area contributed by atoms with Crippen LogP contribution in [0.2, 0.25) is 0 Å². The van der Waals surface area contributed by atoms with Crippen LogP contribution < -0.4 is 16.0 Å². The third kappa shape index (κ3) is 3.09. The van der Waals surface area contributed by atoms with E-state index in [0.29, 0.717) is 16.7 Å². The molecule has 28 heavy (non-hydrogen) atoms. The molecule has 1 aromatic heterocycles. The molecule has 3 aromatic rings. The molecule has 0 bridgehead atoms. The molecule has 4 rings (SSSR count). The van der Waals surface area contributed by atoms with Crippen LogP contribution in [0.4, 0.5) is 15.8 Å². The van der Waals surface area contributed by atoms with Crippen molar-refractivity contribution in [2.75, 3.05) is 16.8 Å². The Labute approximate surface area is 158 Å². The number of nitrogens with zero attached hydrogens (tertiary/aromatic N) is 1. The number of furan rings is 1. The number of anilines is 2. The molecule has 0 saturated carbocycles. The van der Waals surface area contributed by atoms with E-state index < -0.39 is 23.5 Å². The molecule has 0 unspecified atom stereocenters. The normalized spacial score (nSPS) is 16.5. The molecule has 3 amide bonds. The molecule has 1 fully saturated rings. The van der Waals surface area contributed by atoms with Crippen molar-refractivity contribution >= 4 is 40.1 Å². The molecule has 1 aliphatic rings. The number of para-hydroxylation sites is 1. The number of nitrogens with two attached hydrogens (primary N) is 1. The Kier molecular flexibility index (Phi) is 4.31. The summed E-state index contributed by atoms with van der Waals surface area (Å²) in [7, 11) is 0. The molecule has 0 aliphatic carbocycles. The molecule has 8 heteroatoms. The van der Waals surface area contributed by atoms with Crippen LogP contribution in [0.5, 0.6) is 0 Å². The van der Waals surface area contributed by atoms with Crippen molar-refractivity contribution in [2.45, 2.75) is 6.42 Å². The van der Waals surface area contributed by atoms with Gasteiger partial charge in [0.05, 0.1) is 5.92 Å². The second kappa shape index (κ2) is 6.80. The smallest absolute Gasteiger partial charge is 0.286 e. The first-order chi connectivity index (χ1) is 13.4. The summed E-state index contributed by atoms with van der Waals surface area (Å²) < 4.78 is 18.5. The quantitative estimate of drug-likeness (QED) is 0.725. The molecule has 1 atom stereocenters. The summed E-state index contributed by atoms with van der Waals surface area (Å²) in [5.74, 6) is -2.65. The summed E-state index contributed by atoms with van der Waals surface area (Å²) in [5, 5.41) is 3.23. The van der Waals surface area contributed by atoms with Gasteiger partial charge < -0.3 is 20.4 Å². The number of hydrogen-bond acceptors (Lipinski definition) is 4. The molecule has 0 radical (unpaired) electrons. The molecular weight excluding hydrogens is 365 g/mol. The standard InChI is InChI=1S/C20H16FN3O4/c21-12-5-7-13(8-6-12)24-10-11(9-16(24)25)20(27)23-17-14-3-1-2-4-15(14)28-18(17)19(22)26/h1-8,11H,9-10H2,(H2,22,26)(H,23,27)/t11-/m0/s1. The lowest BCUT2D eigenvalue weighted by Gasteiger charge is -2.16. The summed E-state index contributed by atoms with van der Waals surface area (Å²) in [5.41, 5.74) is 6.50. The highest BCUT2D eigenvalue weighted by atomic mass is 19.1. The predicted octanol–water partition coefficient (Wildman–Crippen LogP) is 2.66. The molecule has 0 spiro atoms. The van der Waals surface area contributed by atoms with Crippen LogP contribution in [-0.4, -0.2) is 24.3 Å². The number of nitrogens with one attached hydrogen (secondary N) is 1. The van der Waals surface area contributed by atoms with Gasteiger partial charge in [0.25, 0.3) is 5.91 Å². The van der Waals surface area contributed by atoms with Gasteiger partial charge in [-0.3, -0.25) is 14.4 Å². The minimum atomic E-state index is -0.804. The molecule has 1 aliphatic heterocycles. The van der Waals surface area contributed by atoms with E-state index in [1.54, 1.807) is 24.3 Å². The number of amides is 3. The number of hydrogen-bond donors (Lipinski definition) is 2. The fourth-order valence-corrected chi connectivity index (χ4v) is 3.32. The number of carbonyl (C=O) groups is 3. The maximum Gasteiger partial charge on any atom is 0.286 e. The SMILES string of the molecule is NC(=O)c1oc2ccccc2c1NC(=O)[C@H]1CC(=O)N(c2ccc(F)cc2)C1. The van der Waals surface area contributed by atoms with Crippen molar-refractivity contribution in [3.8, 4) is 0 Å². The van der Waals surface area contributed by atoms with Crippen LogP contribution in [0, 0.1) is 11.7 Å². The van der Waals surface area contributed by atoms with E-state index in [0.717, 1.165) is 0 Å². The van der Waals surface area contributed by atoms with Crippen LogP contribution >= 0.6 is 0 Å². The average Bonchev–Trinajstić information content (AvgIpc) is 3.24. The van der Waals surface area contributed by atoms with E-state index in [2.05, 4.69) is 5.32 Å². The summed E-state index contributed by atoms with van der Waals surface area (Å²) in [6.07, 6.45) is 0.00486. The van der Waals surface area contributed by atoms with E-state index >= 15 is 0 Å². The van der Waals surface area contributed by atoms with E-state index in [1.165, 1.54) is 29.2 Å². The minimum absolute atomic E-state index is 0.00486. The summed E-state index contributed by atoms with van der Waals surface area (Å²) in [6, 6.07) is 12.3. The lowest BCUT2D eigenvalue weighted by molar-refractivity contribution is -0.122. The van der Waals surface area contributed by atoms with E-state index in [1.807, 2.05) is 0 Å². The molecule has 142 valence electrons. The highest BCUT2D eigenvalue weighted by Gasteiger charge is 2.36. The maximum atomic E-state index is 13.1. The Morgan fingerprint density at radius 1 is 1.14 bits per heavy atom. The fraction of sp³-hybridized carbons (Fsp3) is 0.150. The van der Waals surface area contributed by atoms with Gasteiger partial charge >= 0.3 is 0 Å². The lowest BCUT2D eigenvalue weighted by atomic mass is 10.1. The molecular formula is C20H16FN3O4. The van der Waals surface area contributed by atoms with Crippen LogP contribution in [0.25, 0.3) is 11.0 Å². The number of rotatable bonds is 4. The van der Waals surface area contributed by atoms with Gasteiger partial charge in [-0.25, -0.2) is 4.39 Å². The molecule has 3 N–H and O–H groups in total. The first-order valence-corrected chi connectivity index (χ1v) is 8.62. The van der Waals surface area contributed by atoms with E-state index in [9.17, 15) is 18.8 Å². The molecule has 2 aromatic carbocycles. The lowest BCUT2D eigenvalue weighted by Crippen LogP contribution is -2.28. The van der Waals surface area contributed by atoms with Crippen molar-refractivity contribution in [2.24, 2.45) is 11.7 Å². The van der Waals surface area contributed by atoms with Gasteiger partial charge in [0, 0.05) is 24.0 Å². The van der Waals surface area contributed by atoms with Crippen molar-refractivity contribution in [3.05, 3.63) is 60.1 Å². The number of benzene rings is 2. The largest absolute Gasteiger partial charge is 0.449 e. The van der Waals surface area contributed by atoms with Crippen molar-refractivity contribution < 1.29 is 23.2 Å². The van der Waals surface area contributed by atoms with Crippen LogP contribution in [-0.2, 0) is 9.59 Å². The van der Waals surface area contributed by atoms with Crippen molar-refractivity contribution in [1.82, 2.24) is 0 Å². The van der Waals surface area contributed by atoms with Crippen LogP contribution in [0.3, 0.4) is 0 Å². The van der Waals surface area contributed by atoms with Crippen molar-refractivity contribution in [1.29, 1.82) is 0 Å². The second-order valence-corrected chi connectivity index (χ2v) is 6.54. The van der Waals surface area contributed by atoms with Gasteiger partial charge in [-0.1, -0.05) is 12.1 Å². The highest BCUT2D eigenvalue weighted by Crippen LogP contribution is 2.32. The van der Waals surface area contributed by atoms with Gasteiger partial charge in [0.2, 0.25) is 17.6 Å². The zero-order valence-electron chi connectivity index (χ0n) is 14.6. The summed E-state index contributed by atoms with van der Waals surface area (Å²) >= 11 is 0. The Bertz CT molecular complexity index is 1090. The third-order valence-corrected chi connectivity index (χ3v) is 4.70. The maximum absolute atomic E-state index is 13.1. The molecule has 7 nitrogen and oxygen atoms in total. The Hall–Kier alpha value is -3.68. The van der Waals surface area contributed by atoms with Gasteiger partial charge in [-0.15, -0.1) is 0 Å². The zero-order valence-corrected chi connectivity index (χ0v) is 14.6. The van der Waals surface area contributed by atoms with Crippen molar-refractivity contribution in [3.63, 3.8) is 0 Å². The van der Waals surface area contributed by atoms with Gasteiger partial charge in [0.15, 0.2) is 0 Å². The van der Waals surface area contributed by atoms with Gasteiger partial charge in [-0.2, -0.15) is 0 Å².